The Hall–Kier alpha value is -2.89. The molecule has 4 rings (SSSR count). The van der Waals surface area contributed by atoms with Gasteiger partial charge in [0.25, 0.3) is 5.91 Å². The van der Waals surface area contributed by atoms with Crippen LogP contribution < -0.4 is 5.32 Å². The zero-order valence-corrected chi connectivity index (χ0v) is 16.7. The third-order valence-corrected chi connectivity index (χ3v) is 5.19. The fourth-order valence-corrected chi connectivity index (χ4v) is 3.40. The molecule has 0 aliphatic rings. The fourth-order valence-electron chi connectivity index (χ4n) is 3.01. The Bertz CT molecular complexity index is 1220. The summed E-state index contributed by atoms with van der Waals surface area (Å²) < 4.78 is 1.84. The molecule has 140 valence electrons. The average Bonchev–Trinajstić information content (AvgIpc) is 3.01. The van der Waals surface area contributed by atoms with Gasteiger partial charge in [0, 0.05) is 22.5 Å². The predicted molar refractivity (Wildman–Crippen MR) is 113 cm³/mol. The van der Waals surface area contributed by atoms with E-state index in [-0.39, 0.29) is 5.91 Å². The van der Waals surface area contributed by atoms with Crippen LogP contribution in [0.5, 0.6) is 0 Å². The number of imidazole rings is 1. The van der Waals surface area contributed by atoms with Crippen LogP contribution in [-0.2, 0) is 0 Å². The second-order valence-corrected chi connectivity index (χ2v) is 7.24. The number of aryl methyl sites for hydroxylation is 2. The lowest BCUT2D eigenvalue weighted by Gasteiger charge is -2.12. The van der Waals surface area contributed by atoms with E-state index in [0.717, 1.165) is 16.9 Å². The van der Waals surface area contributed by atoms with Crippen molar-refractivity contribution in [3.63, 3.8) is 0 Å². The molecule has 4 aromatic rings. The number of fused-ring (bicyclic) bond motifs is 1. The average molecular weight is 411 g/mol. The van der Waals surface area contributed by atoms with Gasteiger partial charge in [0.05, 0.1) is 10.7 Å². The molecule has 0 fully saturated rings. The highest BCUT2D eigenvalue weighted by Gasteiger charge is 2.16. The number of benzene rings is 2. The maximum Gasteiger partial charge on any atom is 0.255 e. The molecule has 28 heavy (non-hydrogen) atoms. The third-order valence-electron chi connectivity index (χ3n) is 4.46. The number of pyridine rings is 1. The largest absolute Gasteiger partial charge is 0.322 e. The first-order valence-electron chi connectivity index (χ1n) is 8.61. The Morgan fingerprint density at radius 2 is 1.86 bits per heavy atom. The maximum atomic E-state index is 12.8. The van der Waals surface area contributed by atoms with Gasteiger partial charge in [0.15, 0.2) is 5.65 Å². The Morgan fingerprint density at radius 3 is 2.64 bits per heavy atom. The lowest BCUT2D eigenvalue weighted by atomic mass is 10.1. The molecule has 0 saturated heterocycles. The normalized spacial score (nSPS) is 11.0. The highest BCUT2D eigenvalue weighted by Crippen LogP contribution is 2.27. The molecule has 0 saturated carbocycles. The van der Waals surface area contributed by atoms with E-state index in [9.17, 15) is 4.79 Å². The number of aromatic nitrogens is 3. The summed E-state index contributed by atoms with van der Waals surface area (Å²) in [7, 11) is 0. The van der Waals surface area contributed by atoms with Crippen LogP contribution in [-0.4, -0.2) is 20.4 Å². The summed E-state index contributed by atoms with van der Waals surface area (Å²) in [5, 5.41) is 3.96. The molecule has 0 radical (unpaired) electrons. The van der Waals surface area contributed by atoms with Gasteiger partial charge in [-0.2, -0.15) is 0 Å². The molecule has 1 N–H and O–H groups in total. The highest BCUT2D eigenvalue weighted by atomic mass is 35.5. The molecule has 0 unspecified atom stereocenters. The topological polar surface area (TPSA) is 59.8 Å². The zero-order chi connectivity index (χ0) is 19.8. The minimum absolute atomic E-state index is 0.257. The van der Waals surface area contributed by atoms with Crippen molar-refractivity contribution < 1.29 is 4.79 Å². The minimum atomic E-state index is -0.257. The van der Waals surface area contributed by atoms with E-state index in [1.807, 2.05) is 42.7 Å². The molecule has 2 heterocycles. The van der Waals surface area contributed by atoms with Crippen LogP contribution in [0.4, 0.5) is 5.69 Å². The number of halogens is 2. The molecular formula is C21H16Cl2N4O. The van der Waals surface area contributed by atoms with Crippen molar-refractivity contribution in [3.05, 3.63) is 81.7 Å². The molecule has 1 amide bonds. The van der Waals surface area contributed by atoms with Gasteiger partial charge in [-0.3, -0.25) is 9.36 Å². The molecule has 2 aromatic heterocycles. The Kier molecular flexibility index (Phi) is 4.79. The summed E-state index contributed by atoms with van der Waals surface area (Å²) in [5.74, 6) is 0.478. The van der Waals surface area contributed by atoms with Crippen molar-refractivity contribution in [1.29, 1.82) is 0 Å². The molecule has 0 atom stereocenters. The summed E-state index contributed by atoms with van der Waals surface area (Å²) in [5.41, 5.74) is 4.14. The van der Waals surface area contributed by atoms with E-state index in [2.05, 4.69) is 15.3 Å². The van der Waals surface area contributed by atoms with Gasteiger partial charge >= 0.3 is 0 Å². The van der Waals surface area contributed by atoms with Gasteiger partial charge in [-0.05, 0) is 61.9 Å². The predicted octanol–water partition coefficient (Wildman–Crippen LogP) is 5.60. The lowest BCUT2D eigenvalue weighted by molar-refractivity contribution is 0.102. The molecule has 0 bridgehead atoms. The Morgan fingerprint density at radius 1 is 1.04 bits per heavy atom. The molecule has 7 heteroatoms. The van der Waals surface area contributed by atoms with Gasteiger partial charge < -0.3 is 5.32 Å². The quantitative estimate of drug-likeness (QED) is 0.478. The first-order valence-corrected chi connectivity index (χ1v) is 9.37. The van der Waals surface area contributed by atoms with Crippen LogP contribution in [0.15, 0.2) is 54.7 Å². The van der Waals surface area contributed by atoms with Crippen LogP contribution in [0.1, 0.15) is 21.7 Å². The van der Waals surface area contributed by atoms with E-state index in [1.165, 1.54) is 0 Å². The first-order chi connectivity index (χ1) is 13.4. The number of nitrogens with zero attached hydrogens (tertiary/aromatic N) is 3. The smallest absolute Gasteiger partial charge is 0.255 e. The van der Waals surface area contributed by atoms with Crippen LogP contribution in [0.2, 0.25) is 10.0 Å². The monoisotopic (exact) mass is 410 g/mol. The molecule has 2 aromatic carbocycles. The van der Waals surface area contributed by atoms with Crippen molar-refractivity contribution >= 4 is 46.0 Å². The van der Waals surface area contributed by atoms with Crippen LogP contribution >= 0.6 is 23.2 Å². The fraction of sp³-hybridized carbons (Fsp3) is 0.0952. The summed E-state index contributed by atoms with van der Waals surface area (Å²) in [4.78, 5) is 21.7. The number of anilines is 1. The third kappa shape index (κ3) is 3.35. The first kappa shape index (κ1) is 18.5. The zero-order valence-electron chi connectivity index (χ0n) is 15.2. The lowest BCUT2D eigenvalue weighted by Crippen LogP contribution is -2.13. The van der Waals surface area contributed by atoms with Crippen molar-refractivity contribution in [2.24, 2.45) is 0 Å². The standard InChI is InChI=1S/C21H16Cl2N4O/c1-12-5-7-15(11-17(12)23)26-21(28)14-6-8-16(22)19(10-14)27-13(2)25-18-4-3-9-24-20(18)27/h3-11H,1-2H3,(H,26,28). The summed E-state index contributed by atoms with van der Waals surface area (Å²) in [6.07, 6.45) is 1.70. The van der Waals surface area contributed by atoms with E-state index < -0.39 is 0 Å². The van der Waals surface area contributed by atoms with Gasteiger partial charge in [-0.1, -0.05) is 29.3 Å². The van der Waals surface area contributed by atoms with Gasteiger partial charge in [-0.15, -0.1) is 0 Å². The molecule has 0 aliphatic heterocycles. The summed E-state index contributed by atoms with van der Waals surface area (Å²) in [6, 6.07) is 14.2. The van der Waals surface area contributed by atoms with Crippen LogP contribution in [0, 0.1) is 13.8 Å². The van der Waals surface area contributed by atoms with E-state index >= 15 is 0 Å². The van der Waals surface area contributed by atoms with Gasteiger partial charge in [-0.25, -0.2) is 9.97 Å². The van der Waals surface area contributed by atoms with Crippen molar-refractivity contribution in [2.45, 2.75) is 13.8 Å². The van der Waals surface area contributed by atoms with Gasteiger partial charge in [0.1, 0.15) is 11.3 Å². The summed E-state index contributed by atoms with van der Waals surface area (Å²) in [6.45, 7) is 3.78. The van der Waals surface area contributed by atoms with Crippen molar-refractivity contribution in [1.82, 2.24) is 14.5 Å². The minimum Gasteiger partial charge on any atom is -0.322 e. The molecule has 0 spiro atoms. The van der Waals surface area contributed by atoms with E-state index in [1.54, 1.807) is 30.5 Å². The SMILES string of the molecule is Cc1ccc(NC(=O)c2ccc(Cl)c(-n3c(C)nc4cccnc43)c2)cc1Cl. The second kappa shape index (κ2) is 7.26. The number of nitrogens with one attached hydrogen (secondary N) is 1. The Labute approximate surface area is 171 Å². The Balaban J connectivity index is 1.73. The second-order valence-electron chi connectivity index (χ2n) is 6.42. The van der Waals surface area contributed by atoms with Crippen LogP contribution in [0.3, 0.4) is 0 Å². The number of hydrogen-bond donors (Lipinski definition) is 1. The number of rotatable bonds is 3. The number of amides is 1. The molecular weight excluding hydrogens is 395 g/mol. The number of carbonyl (C=O) groups is 1. The molecule has 0 aliphatic carbocycles. The van der Waals surface area contributed by atoms with Crippen molar-refractivity contribution in [2.75, 3.05) is 5.32 Å². The summed E-state index contributed by atoms with van der Waals surface area (Å²) >= 11 is 12.6. The van der Waals surface area contributed by atoms with Crippen molar-refractivity contribution in [3.8, 4) is 5.69 Å². The number of carbonyl (C=O) groups excluding carboxylic acids is 1. The van der Waals surface area contributed by atoms with Crippen LogP contribution in [0.25, 0.3) is 16.9 Å². The highest BCUT2D eigenvalue weighted by molar-refractivity contribution is 6.33. The maximum absolute atomic E-state index is 12.8. The van der Waals surface area contributed by atoms with E-state index in [0.29, 0.717) is 32.6 Å². The van der Waals surface area contributed by atoms with Gasteiger partial charge in [0.2, 0.25) is 0 Å². The molecule has 5 nitrogen and oxygen atoms in total. The number of hydrogen-bond acceptors (Lipinski definition) is 3. The van der Waals surface area contributed by atoms with E-state index in [4.69, 9.17) is 23.2 Å².